The molecule has 0 radical (unpaired) electrons. The molecule has 120 valence electrons. The molecule has 0 aliphatic carbocycles. The summed E-state index contributed by atoms with van der Waals surface area (Å²) in [5.74, 6) is -1.07. The molecule has 0 saturated carbocycles. The van der Waals surface area contributed by atoms with Crippen LogP contribution in [0.3, 0.4) is 0 Å². The van der Waals surface area contributed by atoms with Gasteiger partial charge in [-0.3, -0.25) is 9.59 Å². The molecule has 0 aliphatic rings. The van der Waals surface area contributed by atoms with Crippen molar-refractivity contribution in [2.45, 2.75) is 26.7 Å². The number of hydrogen-bond acceptors (Lipinski definition) is 2. The van der Waals surface area contributed by atoms with E-state index in [9.17, 15) is 14.0 Å². The van der Waals surface area contributed by atoms with Crippen LogP contribution >= 0.6 is 0 Å². The molecule has 2 aromatic rings. The van der Waals surface area contributed by atoms with Gasteiger partial charge < -0.3 is 10.6 Å². The van der Waals surface area contributed by atoms with E-state index in [-0.39, 0.29) is 17.5 Å². The zero-order valence-electron chi connectivity index (χ0n) is 13.2. The average molecular weight is 314 g/mol. The van der Waals surface area contributed by atoms with Crippen LogP contribution in [0.2, 0.25) is 0 Å². The van der Waals surface area contributed by atoms with Gasteiger partial charge in [-0.25, -0.2) is 4.39 Å². The second-order valence-electron chi connectivity index (χ2n) is 5.41. The predicted molar refractivity (Wildman–Crippen MR) is 88.8 cm³/mol. The summed E-state index contributed by atoms with van der Waals surface area (Å²) in [6, 6.07) is 12.1. The zero-order chi connectivity index (χ0) is 16.8. The van der Waals surface area contributed by atoms with Crippen molar-refractivity contribution in [3.05, 3.63) is 59.4 Å². The highest BCUT2D eigenvalue weighted by Gasteiger charge is 2.08. The van der Waals surface area contributed by atoms with Gasteiger partial charge in [0.2, 0.25) is 11.8 Å². The summed E-state index contributed by atoms with van der Waals surface area (Å²) in [5.41, 5.74) is 2.75. The first-order valence-corrected chi connectivity index (χ1v) is 7.36. The summed E-state index contributed by atoms with van der Waals surface area (Å²) >= 11 is 0. The van der Waals surface area contributed by atoms with Crippen LogP contribution in [0.25, 0.3) is 0 Å². The first-order valence-electron chi connectivity index (χ1n) is 7.36. The number of aryl methyl sites for hydroxylation is 2. The van der Waals surface area contributed by atoms with Gasteiger partial charge in [0.1, 0.15) is 5.82 Å². The Morgan fingerprint density at radius 3 is 2.57 bits per heavy atom. The third-order valence-corrected chi connectivity index (χ3v) is 3.28. The number of amides is 2. The molecule has 0 fully saturated rings. The van der Waals surface area contributed by atoms with Gasteiger partial charge in [-0.2, -0.15) is 0 Å². The van der Waals surface area contributed by atoms with Crippen molar-refractivity contribution in [3.63, 3.8) is 0 Å². The van der Waals surface area contributed by atoms with E-state index < -0.39 is 5.82 Å². The largest absolute Gasteiger partial charge is 0.326 e. The quantitative estimate of drug-likeness (QED) is 0.885. The number of carbonyl (C=O) groups is 2. The van der Waals surface area contributed by atoms with E-state index in [1.165, 1.54) is 25.1 Å². The van der Waals surface area contributed by atoms with Gasteiger partial charge in [-0.15, -0.1) is 0 Å². The summed E-state index contributed by atoms with van der Waals surface area (Å²) in [4.78, 5) is 23.0. The second-order valence-corrected chi connectivity index (χ2v) is 5.41. The van der Waals surface area contributed by atoms with Crippen molar-refractivity contribution in [1.82, 2.24) is 0 Å². The number of hydrogen-bond donors (Lipinski definition) is 2. The first-order chi connectivity index (χ1) is 10.9. The van der Waals surface area contributed by atoms with Crippen molar-refractivity contribution in [2.75, 3.05) is 10.6 Å². The number of benzene rings is 2. The zero-order valence-corrected chi connectivity index (χ0v) is 13.2. The van der Waals surface area contributed by atoms with E-state index in [0.717, 1.165) is 11.1 Å². The third-order valence-electron chi connectivity index (χ3n) is 3.28. The molecular formula is C18H19FN2O2. The Bertz CT molecular complexity index is 729. The average Bonchev–Trinajstić information content (AvgIpc) is 2.48. The van der Waals surface area contributed by atoms with E-state index in [1.54, 1.807) is 0 Å². The topological polar surface area (TPSA) is 58.2 Å². The van der Waals surface area contributed by atoms with Gasteiger partial charge in [0, 0.05) is 19.0 Å². The van der Waals surface area contributed by atoms with Crippen LogP contribution in [-0.2, 0) is 16.0 Å². The van der Waals surface area contributed by atoms with Crippen molar-refractivity contribution in [2.24, 2.45) is 0 Å². The fourth-order valence-electron chi connectivity index (χ4n) is 2.24. The molecule has 4 nitrogen and oxygen atoms in total. The maximum Gasteiger partial charge on any atom is 0.224 e. The monoisotopic (exact) mass is 314 g/mol. The molecule has 0 heterocycles. The Hall–Kier alpha value is -2.69. The van der Waals surface area contributed by atoms with Crippen molar-refractivity contribution in [3.8, 4) is 0 Å². The fraction of sp³-hybridized carbons (Fsp3) is 0.222. The molecule has 0 aliphatic heterocycles. The van der Waals surface area contributed by atoms with Crippen LogP contribution in [0.5, 0.6) is 0 Å². The molecule has 2 amide bonds. The molecule has 2 rings (SSSR count). The maximum atomic E-state index is 13.5. The summed E-state index contributed by atoms with van der Waals surface area (Å²) in [5, 5.41) is 5.10. The van der Waals surface area contributed by atoms with Gasteiger partial charge in [-0.1, -0.05) is 29.8 Å². The Kier molecular flexibility index (Phi) is 5.46. The molecule has 0 atom stereocenters. The highest BCUT2D eigenvalue weighted by molar-refractivity contribution is 5.93. The van der Waals surface area contributed by atoms with Crippen LogP contribution in [0.15, 0.2) is 42.5 Å². The van der Waals surface area contributed by atoms with E-state index in [1.807, 2.05) is 31.2 Å². The smallest absolute Gasteiger partial charge is 0.224 e. The normalized spacial score (nSPS) is 10.2. The van der Waals surface area contributed by atoms with Crippen LogP contribution in [0, 0.1) is 12.7 Å². The van der Waals surface area contributed by atoms with E-state index in [2.05, 4.69) is 10.6 Å². The minimum atomic E-state index is -0.544. The Balaban J connectivity index is 1.96. The standard InChI is InChI=1S/C18H19FN2O2/c1-12-4-3-5-14(10-12)6-9-18(23)21-15-7-8-16(19)17(11-15)20-13(2)22/h3-5,7-8,10-11H,6,9H2,1-2H3,(H,20,22)(H,21,23). The summed E-state index contributed by atoms with van der Waals surface area (Å²) in [6.07, 6.45) is 0.962. The number of nitrogens with one attached hydrogen (secondary N) is 2. The Labute approximate surface area is 134 Å². The number of anilines is 2. The second kappa shape index (κ2) is 7.54. The van der Waals surface area contributed by atoms with Gasteiger partial charge in [-0.05, 0) is 37.1 Å². The van der Waals surface area contributed by atoms with Crippen LogP contribution < -0.4 is 10.6 Å². The van der Waals surface area contributed by atoms with Crippen molar-refractivity contribution in [1.29, 1.82) is 0 Å². The minimum absolute atomic E-state index is 0.0500. The third kappa shape index (κ3) is 5.21. The molecule has 0 bridgehead atoms. The molecule has 2 aromatic carbocycles. The Morgan fingerprint density at radius 1 is 1.09 bits per heavy atom. The molecular weight excluding hydrogens is 295 g/mol. The number of halogens is 1. The molecule has 2 N–H and O–H groups in total. The van der Waals surface area contributed by atoms with E-state index in [0.29, 0.717) is 18.5 Å². The lowest BCUT2D eigenvalue weighted by atomic mass is 10.1. The number of rotatable bonds is 5. The fourth-order valence-corrected chi connectivity index (χ4v) is 2.24. The molecule has 0 spiro atoms. The molecule has 5 heteroatoms. The molecule has 0 saturated heterocycles. The van der Waals surface area contributed by atoms with Crippen LogP contribution in [-0.4, -0.2) is 11.8 Å². The summed E-state index contributed by atoms with van der Waals surface area (Å²) in [7, 11) is 0. The SMILES string of the molecule is CC(=O)Nc1cc(NC(=O)CCc2cccc(C)c2)ccc1F. The van der Waals surface area contributed by atoms with Gasteiger partial charge >= 0.3 is 0 Å². The molecule has 0 unspecified atom stereocenters. The first kappa shape index (κ1) is 16.7. The number of carbonyl (C=O) groups excluding carboxylic acids is 2. The van der Waals surface area contributed by atoms with Gasteiger partial charge in [0.05, 0.1) is 5.69 Å². The predicted octanol–water partition coefficient (Wildman–Crippen LogP) is 3.66. The van der Waals surface area contributed by atoms with Gasteiger partial charge in [0.15, 0.2) is 0 Å². The summed E-state index contributed by atoms with van der Waals surface area (Å²) < 4.78 is 13.5. The van der Waals surface area contributed by atoms with Crippen LogP contribution in [0.4, 0.5) is 15.8 Å². The minimum Gasteiger partial charge on any atom is -0.326 e. The van der Waals surface area contributed by atoms with Gasteiger partial charge in [0.25, 0.3) is 0 Å². The summed E-state index contributed by atoms with van der Waals surface area (Å²) in [6.45, 7) is 3.30. The van der Waals surface area contributed by atoms with Crippen molar-refractivity contribution >= 4 is 23.2 Å². The molecule has 0 aromatic heterocycles. The maximum absolute atomic E-state index is 13.5. The van der Waals surface area contributed by atoms with E-state index in [4.69, 9.17) is 0 Å². The molecule has 23 heavy (non-hydrogen) atoms. The lowest BCUT2D eigenvalue weighted by molar-refractivity contribution is -0.116. The lowest BCUT2D eigenvalue weighted by Gasteiger charge is -2.09. The van der Waals surface area contributed by atoms with Crippen LogP contribution in [0.1, 0.15) is 24.5 Å². The lowest BCUT2D eigenvalue weighted by Crippen LogP contribution is -2.13. The van der Waals surface area contributed by atoms with Crippen molar-refractivity contribution < 1.29 is 14.0 Å². The highest BCUT2D eigenvalue weighted by atomic mass is 19.1. The highest BCUT2D eigenvalue weighted by Crippen LogP contribution is 2.20. The Morgan fingerprint density at radius 2 is 1.87 bits per heavy atom. The van der Waals surface area contributed by atoms with E-state index >= 15 is 0 Å².